The van der Waals surface area contributed by atoms with Crippen LogP contribution < -0.4 is 4.74 Å². The van der Waals surface area contributed by atoms with E-state index in [-0.39, 0.29) is 5.91 Å². The van der Waals surface area contributed by atoms with Crippen LogP contribution in [0, 0.1) is 0 Å². The normalized spacial score (nSPS) is 16.9. The summed E-state index contributed by atoms with van der Waals surface area (Å²) < 4.78 is 4.92. The zero-order valence-electron chi connectivity index (χ0n) is 10.3. The highest BCUT2D eigenvalue weighted by molar-refractivity contribution is 5.95. The third kappa shape index (κ3) is 2.68. The van der Waals surface area contributed by atoms with E-state index in [1.807, 2.05) is 0 Å². The first-order valence-corrected chi connectivity index (χ1v) is 5.67. The minimum absolute atomic E-state index is 0.171. The second-order valence-electron chi connectivity index (χ2n) is 4.78. The third-order valence-corrected chi connectivity index (χ3v) is 2.69. The Labute approximate surface area is 105 Å². The summed E-state index contributed by atoms with van der Waals surface area (Å²) in [7, 11) is 0. The first-order valence-electron chi connectivity index (χ1n) is 5.67. The molecule has 0 unspecified atom stereocenters. The summed E-state index contributed by atoms with van der Waals surface area (Å²) in [5, 5.41) is 9.59. The van der Waals surface area contributed by atoms with Crippen LogP contribution in [0.15, 0.2) is 24.3 Å². The minimum atomic E-state index is -0.789. The number of benzene rings is 1. The van der Waals surface area contributed by atoms with Crippen molar-refractivity contribution < 1.29 is 19.4 Å². The lowest BCUT2D eigenvalue weighted by atomic mass is 9.96. The lowest BCUT2D eigenvalue weighted by molar-refractivity contribution is -0.131. The molecule has 1 aliphatic rings. The molecule has 5 heteroatoms. The Balaban J connectivity index is 2.09. The molecular formula is C13H15NO4. The van der Waals surface area contributed by atoms with E-state index in [2.05, 4.69) is 0 Å². The number of likely N-dealkylation sites (tertiary alicyclic amines) is 1. The van der Waals surface area contributed by atoms with E-state index in [0.29, 0.717) is 24.4 Å². The summed E-state index contributed by atoms with van der Waals surface area (Å²) in [5.41, 5.74) is -0.340. The maximum absolute atomic E-state index is 12.0. The zero-order valence-corrected chi connectivity index (χ0v) is 10.3. The number of esters is 1. The van der Waals surface area contributed by atoms with Crippen LogP contribution in [-0.4, -0.2) is 40.6 Å². The Bertz CT molecular complexity index is 488. The molecule has 1 aromatic rings. The Morgan fingerprint density at radius 2 is 2.06 bits per heavy atom. The smallest absolute Gasteiger partial charge is 0.308 e. The van der Waals surface area contributed by atoms with Gasteiger partial charge in [-0.3, -0.25) is 9.59 Å². The number of nitrogens with zero attached hydrogens (tertiary/aromatic N) is 1. The Morgan fingerprint density at radius 1 is 1.39 bits per heavy atom. The number of carbonyl (C=O) groups is 2. The van der Waals surface area contributed by atoms with E-state index < -0.39 is 11.6 Å². The summed E-state index contributed by atoms with van der Waals surface area (Å²) >= 11 is 0. The van der Waals surface area contributed by atoms with Gasteiger partial charge < -0.3 is 14.7 Å². The average Bonchev–Trinajstić information content (AvgIpc) is 2.24. The Kier molecular flexibility index (Phi) is 3.09. The molecule has 1 amide bonds. The van der Waals surface area contributed by atoms with Gasteiger partial charge in [0, 0.05) is 12.5 Å². The highest BCUT2D eigenvalue weighted by Crippen LogP contribution is 2.23. The molecule has 1 aliphatic heterocycles. The molecule has 0 spiro atoms. The number of β-amino-alcohol motifs (C(OH)–C–C–N with tert-alkyl or cyclic N) is 1. The molecule has 2 rings (SSSR count). The summed E-state index contributed by atoms with van der Waals surface area (Å²) in [6.07, 6.45) is 0. The van der Waals surface area contributed by atoms with Crippen LogP contribution in [0.25, 0.3) is 0 Å². The van der Waals surface area contributed by atoms with Gasteiger partial charge in [0.1, 0.15) is 5.75 Å². The summed E-state index contributed by atoms with van der Waals surface area (Å²) in [6.45, 7) is 3.64. The number of carbonyl (C=O) groups excluding carboxylic acids is 2. The molecule has 0 radical (unpaired) electrons. The second kappa shape index (κ2) is 4.42. The molecule has 96 valence electrons. The second-order valence-corrected chi connectivity index (χ2v) is 4.78. The van der Waals surface area contributed by atoms with Crippen molar-refractivity contribution >= 4 is 11.9 Å². The number of aliphatic hydroxyl groups is 1. The summed E-state index contributed by atoms with van der Waals surface area (Å²) in [5.74, 6) is -0.248. The molecule has 0 saturated carbocycles. The van der Waals surface area contributed by atoms with Gasteiger partial charge in [-0.1, -0.05) is 6.07 Å². The molecule has 1 heterocycles. The largest absolute Gasteiger partial charge is 0.427 e. The first-order chi connectivity index (χ1) is 8.37. The molecule has 0 aliphatic carbocycles. The van der Waals surface area contributed by atoms with Gasteiger partial charge in [0.2, 0.25) is 0 Å². The fourth-order valence-electron chi connectivity index (χ4n) is 1.96. The van der Waals surface area contributed by atoms with Crippen molar-refractivity contribution in [2.75, 3.05) is 13.1 Å². The fourth-order valence-corrected chi connectivity index (χ4v) is 1.96. The number of amides is 1. The SMILES string of the molecule is CC(=O)Oc1cccc(C(=O)N2CC(C)(O)C2)c1. The van der Waals surface area contributed by atoms with Crippen LogP contribution in [0.2, 0.25) is 0 Å². The third-order valence-electron chi connectivity index (χ3n) is 2.69. The standard InChI is InChI=1S/C13H15NO4/c1-9(15)18-11-5-3-4-10(6-11)12(16)14-7-13(2,17)8-14/h3-6,17H,7-8H2,1-2H3. The van der Waals surface area contributed by atoms with Crippen LogP contribution in [-0.2, 0) is 4.79 Å². The van der Waals surface area contributed by atoms with Crippen molar-refractivity contribution in [3.8, 4) is 5.75 Å². The molecule has 5 nitrogen and oxygen atoms in total. The predicted octanol–water partition coefficient (Wildman–Crippen LogP) is 0.819. The van der Waals surface area contributed by atoms with Crippen LogP contribution in [0.5, 0.6) is 5.75 Å². The van der Waals surface area contributed by atoms with E-state index in [0.717, 1.165) is 0 Å². The Hall–Kier alpha value is -1.88. The molecule has 1 N–H and O–H groups in total. The number of rotatable bonds is 2. The number of hydrogen-bond donors (Lipinski definition) is 1. The van der Waals surface area contributed by atoms with Gasteiger partial charge in [-0.2, -0.15) is 0 Å². The van der Waals surface area contributed by atoms with E-state index in [4.69, 9.17) is 4.74 Å². The van der Waals surface area contributed by atoms with Crippen molar-refractivity contribution in [2.45, 2.75) is 19.4 Å². The van der Waals surface area contributed by atoms with Crippen molar-refractivity contribution in [3.05, 3.63) is 29.8 Å². The zero-order chi connectivity index (χ0) is 13.3. The van der Waals surface area contributed by atoms with Gasteiger partial charge >= 0.3 is 5.97 Å². The topological polar surface area (TPSA) is 66.8 Å². The van der Waals surface area contributed by atoms with Crippen molar-refractivity contribution in [1.82, 2.24) is 4.90 Å². The van der Waals surface area contributed by atoms with Crippen molar-refractivity contribution in [1.29, 1.82) is 0 Å². The van der Waals surface area contributed by atoms with E-state index in [1.54, 1.807) is 30.0 Å². The van der Waals surface area contributed by atoms with E-state index >= 15 is 0 Å². The van der Waals surface area contributed by atoms with Gasteiger partial charge in [-0.25, -0.2) is 0 Å². The molecule has 1 saturated heterocycles. The molecule has 0 atom stereocenters. The van der Waals surface area contributed by atoms with Gasteiger partial charge in [-0.05, 0) is 25.1 Å². The predicted molar refractivity (Wildman–Crippen MR) is 64.3 cm³/mol. The summed E-state index contributed by atoms with van der Waals surface area (Å²) in [6, 6.07) is 6.45. The van der Waals surface area contributed by atoms with Gasteiger partial charge in [0.15, 0.2) is 0 Å². The number of hydrogen-bond acceptors (Lipinski definition) is 4. The maximum atomic E-state index is 12.0. The highest BCUT2D eigenvalue weighted by Gasteiger charge is 2.39. The Morgan fingerprint density at radius 3 is 2.61 bits per heavy atom. The quantitative estimate of drug-likeness (QED) is 0.622. The molecule has 18 heavy (non-hydrogen) atoms. The van der Waals surface area contributed by atoms with Crippen molar-refractivity contribution in [3.63, 3.8) is 0 Å². The van der Waals surface area contributed by atoms with Gasteiger partial charge in [0.25, 0.3) is 5.91 Å². The minimum Gasteiger partial charge on any atom is -0.427 e. The maximum Gasteiger partial charge on any atom is 0.308 e. The highest BCUT2D eigenvalue weighted by atomic mass is 16.5. The summed E-state index contributed by atoms with van der Waals surface area (Å²) in [4.78, 5) is 24.4. The van der Waals surface area contributed by atoms with Crippen LogP contribution in [0.4, 0.5) is 0 Å². The fraction of sp³-hybridized carbons (Fsp3) is 0.385. The van der Waals surface area contributed by atoms with Gasteiger partial charge in [0.05, 0.1) is 18.7 Å². The monoisotopic (exact) mass is 249 g/mol. The van der Waals surface area contributed by atoms with Crippen LogP contribution in [0.3, 0.4) is 0 Å². The van der Waals surface area contributed by atoms with Crippen LogP contribution >= 0.6 is 0 Å². The molecule has 0 aromatic heterocycles. The molecule has 1 fully saturated rings. The number of ether oxygens (including phenoxy) is 1. The lowest BCUT2D eigenvalue weighted by Gasteiger charge is -2.44. The molecule has 0 bridgehead atoms. The van der Waals surface area contributed by atoms with Crippen LogP contribution in [0.1, 0.15) is 24.2 Å². The van der Waals surface area contributed by atoms with E-state index in [1.165, 1.54) is 13.0 Å². The van der Waals surface area contributed by atoms with Crippen molar-refractivity contribution in [2.24, 2.45) is 0 Å². The van der Waals surface area contributed by atoms with Gasteiger partial charge in [-0.15, -0.1) is 0 Å². The first kappa shape index (κ1) is 12.6. The molecular weight excluding hydrogens is 234 g/mol. The lowest BCUT2D eigenvalue weighted by Crippen LogP contribution is -2.61. The average molecular weight is 249 g/mol. The molecule has 1 aromatic carbocycles. The van der Waals surface area contributed by atoms with E-state index in [9.17, 15) is 14.7 Å².